The van der Waals surface area contributed by atoms with Gasteiger partial charge in [0.05, 0.1) is 22.8 Å². The Morgan fingerprint density at radius 1 is 0.893 bits per heavy atom. The van der Waals surface area contributed by atoms with Gasteiger partial charge in [-0.2, -0.15) is 18.4 Å². The number of benzene rings is 3. The highest BCUT2D eigenvalue weighted by Gasteiger charge is 2.33. The Bertz CT molecular complexity index is 1050. The fourth-order valence-corrected chi connectivity index (χ4v) is 2.86. The zero-order valence-corrected chi connectivity index (χ0v) is 14.5. The van der Waals surface area contributed by atoms with E-state index >= 15 is 0 Å². The van der Waals surface area contributed by atoms with Crippen molar-refractivity contribution in [3.63, 3.8) is 0 Å². The Balaban J connectivity index is 1.89. The molecule has 28 heavy (non-hydrogen) atoms. The van der Waals surface area contributed by atoms with Crippen LogP contribution in [0.2, 0.25) is 0 Å². The van der Waals surface area contributed by atoms with E-state index in [1.54, 1.807) is 42.5 Å². The molecule has 0 amide bonds. The van der Waals surface area contributed by atoms with Crippen LogP contribution in [0, 0.1) is 11.3 Å². The van der Waals surface area contributed by atoms with E-state index in [9.17, 15) is 23.2 Å². The van der Waals surface area contributed by atoms with Crippen molar-refractivity contribution in [3.8, 4) is 17.2 Å². The van der Waals surface area contributed by atoms with Crippen LogP contribution in [0.15, 0.2) is 72.8 Å². The number of nitrogens with zero attached hydrogens (tertiary/aromatic N) is 1. The summed E-state index contributed by atoms with van der Waals surface area (Å²) in [5.41, 5.74) is 0.617. The molecule has 6 heteroatoms. The van der Waals surface area contributed by atoms with Crippen LogP contribution in [0.5, 0.6) is 0 Å². The minimum atomic E-state index is -4.54. The molecule has 0 spiro atoms. The summed E-state index contributed by atoms with van der Waals surface area (Å²) in [4.78, 5) is 12.6. The predicted molar refractivity (Wildman–Crippen MR) is 97.2 cm³/mol. The number of nitriles is 1. The van der Waals surface area contributed by atoms with Gasteiger partial charge >= 0.3 is 12.1 Å². The van der Waals surface area contributed by atoms with Crippen LogP contribution in [0.1, 0.15) is 27.0 Å². The second-order valence-electron chi connectivity index (χ2n) is 5.93. The molecule has 0 N–H and O–H groups in total. The van der Waals surface area contributed by atoms with Crippen LogP contribution in [0.4, 0.5) is 13.2 Å². The second kappa shape index (κ2) is 7.97. The number of halogens is 3. The Morgan fingerprint density at radius 2 is 1.50 bits per heavy atom. The number of rotatable bonds is 4. The molecule has 3 nitrogen and oxygen atoms in total. The lowest BCUT2D eigenvalue weighted by atomic mass is 9.96. The zero-order chi connectivity index (χ0) is 20.1. The SMILES string of the molecule is N#Cc1ccccc1-c1ccccc1C(=O)OCc1ccccc1C(F)(F)F. The summed E-state index contributed by atoms with van der Waals surface area (Å²) in [6.45, 7) is -0.511. The van der Waals surface area contributed by atoms with Crippen LogP contribution in [0.25, 0.3) is 11.1 Å². The average Bonchev–Trinajstić information content (AvgIpc) is 2.71. The maximum Gasteiger partial charge on any atom is 0.416 e. The molecule has 0 aromatic heterocycles. The fourth-order valence-electron chi connectivity index (χ4n) is 2.86. The largest absolute Gasteiger partial charge is 0.457 e. The molecule has 140 valence electrons. The van der Waals surface area contributed by atoms with Gasteiger partial charge in [-0.05, 0) is 23.8 Å². The highest BCUT2D eigenvalue weighted by Crippen LogP contribution is 2.32. The molecular weight excluding hydrogens is 367 g/mol. The smallest absolute Gasteiger partial charge is 0.416 e. The Hall–Kier alpha value is -3.59. The number of carbonyl (C=O) groups excluding carboxylic acids is 1. The summed E-state index contributed by atoms with van der Waals surface area (Å²) in [5.74, 6) is -0.764. The standard InChI is InChI=1S/C22H14F3NO2/c23-22(24,25)20-12-6-2-8-16(20)14-28-21(27)19-11-5-4-10-18(19)17-9-3-1-7-15(17)13-26/h1-12H,14H2. The molecular formula is C22H14F3NO2. The maximum atomic E-state index is 13.1. The van der Waals surface area contributed by atoms with Gasteiger partial charge in [-0.15, -0.1) is 0 Å². The van der Waals surface area contributed by atoms with Gasteiger partial charge in [0.15, 0.2) is 0 Å². The molecule has 0 aliphatic carbocycles. The van der Waals surface area contributed by atoms with E-state index in [1.807, 2.05) is 0 Å². The topological polar surface area (TPSA) is 50.1 Å². The van der Waals surface area contributed by atoms with E-state index in [-0.39, 0.29) is 11.1 Å². The summed E-state index contributed by atoms with van der Waals surface area (Å²) in [6, 6.07) is 20.3. The molecule has 0 radical (unpaired) electrons. The minimum Gasteiger partial charge on any atom is -0.457 e. The third-order valence-corrected chi connectivity index (χ3v) is 4.17. The normalized spacial score (nSPS) is 10.9. The van der Waals surface area contributed by atoms with Crippen molar-refractivity contribution in [2.45, 2.75) is 12.8 Å². The molecule has 3 rings (SSSR count). The van der Waals surface area contributed by atoms with Crippen LogP contribution in [-0.4, -0.2) is 5.97 Å². The fraction of sp³-hybridized carbons (Fsp3) is 0.0909. The maximum absolute atomic E-state index is 13.1. The molecule has 0 fully saturated rings. The van der Waals surface area contributed by atoms with Crippen molar-refractivity contribution >= 4 is 5.97 Å². The molecule has 0 unspecified atom stereocenters. The lowest BCUT2D eigenvalue weighted by Crippen LogP contribution is -2.12. The van der Waals surface area contributed by atoms with Gasteiger partial charge in [0.25, 0.3) is 0 Å². The lowest BCUT2D eigenvalue weighted by molar-refractivity contribution is -0.138. The zero-order valence-electron chi connectivity index (χ0n) is 14.5. The Morgan fingerprint density at radius 3 is 2.21 bits per heavy atom. The quantitative estimate of drug-likeness (QED) is 0.553. The molecule has 0 aliphatic rings. The van der Waals surface area contributed by atoms with Gasteiger partial charge in [-0.3, -0.25) is 0 Å². The molecule has 3 aromatic rings. The van der Waals surface area contributed by atoms with Gasteiger partial charge in [0.2, 0.25) is 0 Å². The number of hydrogen-bond donors (Lipinski definition) is 0. The van der Waals surface area contributed by atoms with Crippen molar-refractivity contribution in [2.75, 3.05) is 0 Å². The number of ether oxygens (including phenoxy) is 1. The van der Waals surface area contributed by atoms with Crippen molar-refractivity contribution in [1.29, 1.82) is 5.26 Å². The predicted octanol–water partition coefficient (Wildman–Crippen LogP) is 5.60. The van der Waals surface area contributed by atoms with Gasteiger partial charge < -0.3 is 4.74 Å². The van der Waals surface area contributed by atoms with Gasteiger partial charge in [0, 0.05) is 11.1 Å². The van der Waals surface area contributed by atoms with E-state index in [0.717, 1.165) is 6.07 Å². The summed E-state index contributed by atoms with van der Waals surface area (Å²) < 4.78 is 44.4. The van der Waals surface area contributed by atoms with Crippen molar-refractivity contribution in [3.05, 3.63) is 95.1 Å². The second-order valence-corrected chi connectivity index (χ2v) is 5.93. The van der Waals surface area contributed by atoms with Crippen LogP contribution < -0.4 is 0 Å². The summed E-state index contributed by atoms with van der Waals surface area (Å²) in [6.07, 6.45) is -4.54. The molecule has 0 saturated carbocycles. The van der Waals surface area contributed by atoms with E-state index in [1.165, 1.54) is 24.3 Å². The van der Waals surface area contributed by atoms with Crippen LogP contribution >= 0.6 is 0 Å². The Labute approximate surface area is 159 Å². The first-order valence-electron chi connectivity index (χ1n) is 8.32. The molecule has 3 aromatic carbocycles. The van der Waals surface area contributed by atoms with Crippen LogP contribution in [-0.2, 0) is 17.5 Å². The first-order chi connectivity index (χ1) is 13.4. The highest BCUT2D eigenvalue weighted by atomic mass is 19.4. The summed E-state index contributed by atoms with van der Waals surface area (Å²) in [5, 5.41) is 9.30. The third-order valence-electron chi connectivity index (χ3n) is 4.17. The molecule has 0 heterocycles. The first kappa shape index (κ1) is 19.2. The number of carbonyl (C=O) groups is 1. The molecule has 0 bridgehead atoms. The number of esters is 1. The first-order valence-corrected chi connectivity index (χ1v) is 8.32. The van der Waals surface area contributed by atoms with E-state index in [4.69, 9.17) is 4.74 Å². The van der Waals surface area contributed by atoms with E-state index < -0.39 is 24.3 Å². The number of alkyl halides is 3. The van der Waals surface area contributed by atoms with Crippen molar-refractivity contribution < 1.29 is 22.7 Å². The molecule has 0 aliphatic heterocycles. The van der Waals surface area contributed by atoms with Crippen molar-refractivity contribution in [1.82, 2.24) is 0 Å². The summed E-state index contributed by atoms with van der Waals surface area (Å²) >= 11 is 0. The lowest BCUT2D eigenvalue weighted by Gasteiger charge is -2.14. The van der Waals surface area contributed by atoms with E-state index in [2.05, 4.69) is 6.07 Å². The van der Waals surface area contributed by atoms with E-state index in [0.29, 0.717) is 16.7 Å². The Kier molecular flexibility index (Phi) is 5.46. The number of hydrogen-bond acceptors (Lipinski definition) is 3. The minimum absolute atomic E-state index is 0.127. The van der Waals surface area contributed by atoms with Gasteiger partial charge in [0.1, 0.15) is 6.61 Å². The van der Waals surface area contributed by atoms with Crippen LogP contribution in [0.3, 0.4) is 0 Å². The average molecular weight is 381 g/mol. The molecule has 0 saturated heterocycles. The summed E-state index contributed by atoms with van der Waals surface area (Å²) in [7, 11) is 0. The van der Waals surface area contributed by atoms with Gasteiger partial charge in [-0.1, -0.05) is 54.6 Å². The monoisotopic (exact) mass is 381 g/mol. The molecule has 0 atom stereocenters. The highest BCUT2D eigenvalue weighted by molar-refractivity contribution is 5.98. The third kappa shape index (κ3) is 4.04. The van der Waals surface area contributed by atoms with Gasteiger partial charge in [-0.25, -0.2) is 4.79 Å². The van der Waals surface area contributed by atoms with Crippen molar-refractivity contribution in [2.24, 2.45) is 0 Å².